The standard InChI is InChI=1S/C14H20N2O2S/c1-9-3-8-12(14(17)18)13(15-9)16-10-4-6-11(19-2)7-5-10/h3,8,10-11H,4-7H2,1-2H3,(H,15,16)(H,17,18). The van der Waals surface area contributed by atoms with Gasteiger partial charge in [-0.25, -0.2) is 9.78 Å². The molecule has 0 bridgehead atoms. The number of rotatable bonds is 4. The molecule has 1 aromatic rings. The zero-order chi connectivity index (χ0) is 13.8. The van der Waals surface area contributed by atoms with Crippen molar-refractivity contribution in [3.8, 4) is 0 Å². The smallest absolute Gasteiger partial charge is 0.339 e. The lowest BCUT2D eigenvalue weighted by Crippen LogP contribution is -2.28. The maximum absolute atomic E-state index is 11.2. The Morgan fingerprint density at radius 2 is 2.05 bits per heavy atom. The molecule has 4 nitrogen and oxygen atoms in total. The Bertz CT molecular complexity index is 457. The van der Waals surface area contributed by atoms with Gasteiger partial charge in [0, 0.05) is 17.0 Å². The molecule has 5 heteroatoms. The molecule has 0 aliphatic heterocycles. The second-order valence-electron chi connectivity index (χ2n) is 5.01. The third-order valence-electron chi connectivity index (χ3n) is 3.61. The number of aromatic nitrogens is 1. The quantitative estimate of drug-likeness (QED) is 0.887. The molecule has 19 heavy (non-hydrogen) atoms. The Hall–Kier alpha value is -1.23. The van der Waals surface area contributed by atoms with Gasteiger partial charge in [0.1, 0.15) is 11.4 Å². The highest BCUT2D eigenvalue weighted by molar-refractivity contribution is 7.99. The van der Waals surface area contributed by atoms with Crippen molar-refractivity contribution in [2.45, 2.75) is 43.9 Å². The number of hydrogen-bond acceptors (Lipinski definition) is 4. The number of carboxylic acids is 1. The summed E-state index contributed by atoms with van der Waals surface area (Å²) in [7, 11) is 0. The molecule has 0 unspecified atom stereocenters. The highest BCUT2D eigenvalue weighted by atomic mass is 32.2. The zero-order valence-corrected chi connectivity index (χ0v) is 12.2. The number of hydrogen-bond donors (Lipinski definition) is 2. The van der Waals surface area contributed by atoms with Crippen LogP contribution in [-0.2, 0) is 0 Å². The van der Waals surface area contributed by atoms with E-state index in [2.05, 4.69) is 16.6 Å². The van der Waals surface area contributed by atoms with E-state index < -0.39 is 5.97 Å². The Morgan fingerprint density at radius 3 is 2.63 bits per heavy atom. The molecule has 1 fully saturated rings. The first-order chi connectivity index (χ1) is 9.10. The molecule has 0 saturated heterocycles. The molecule has 1 heterocycles. The molecule has 2 N–H and O–H groups in total. The third-order valence-corrected chi connectivity index (χ3v) is 4.75. The fourth-order valence-corrected chi connectivity index (χ4v) is 3.22. The summed E-state index contributed by atoms with van der Waals surface area (Å²) in [5.41, 5.74) is 1.10. The van der Waals surface area contributed by atoms with Gasteiger partial charge in [0.15, 0.2) is 0 Å². The minimum absolute atomic E-state index is 0.262. The van der Waals surface area contributed by atoms with Crippen molar-refractivity contribution in [2.75, 3.05) is 11.6 Å². The third kappa shape index (κ3) is 3.62. The summed E-state index contributed by atoms with van der Waals surface area (Å²) in [4.78, 5) is 15.5. The van der Waals surface area contributed by atoms with Gasteiger partial charge >= 0.3 is 5.97 Å². The lowest BCUT2D eigenvalue weighted by Gasteiger charge is -2.28. The molecule has 1 aliphatic carbocycles. The van der Waals surface area contributed by atoms with E-state index in [4.69, 9.17) is 0 Å². The molecule has 1 aromatic heterocycles. The fraction of sp³-hybridized carbons (Fsp3) is 0.571. The Labute approximate surface area is 118 Å². The van der Waals surface area contributed by atoms with E-state index in [1.54, 1.807) is 12.1 Å². The van der Waals surface area contributed by atoms with Crippen LogP contribution in [0.15, 0.2) is 12.1 Å². The number of anilines is 1. The van der Waals surface area contributed by atoms with E-state index in [-0.39, 0.29) is 5.56 Å². The van der Waals surface area contributed by atoms with Crippen molar-refractivity contribution in [2.24, 2.45) is 0 Å². The fourth-order valence-electron chi connectivity index (χ4n) is 2.48. The second-order valence-corrected chi connectivity index (χ2v) is 6.15. The van der Waals surface area contributed by atoms with Gasteiger partial charge in [-0.2, -0.15) is 11.8 Å². The number of pyridine rings is 1. The van der Waals surface area contributed by atoms with Crippen molar-refractivity contribution in [1.82, 2.24) is 4.98 Å². The van der Waals surface area contributed by atoms with Gasteiger partial charge in [-0.1, -0.05) is 0 Å². The molecular formula is C14H20N2O2S. The van der Waals surface area contributed by atoms with E-state index in [1.807, 2.05) is 18.7 Å². The van der Waals surface area contributed by atoms with Crippen LogP contribution in [0.3, 0.4) is 0 Å². The summed E-state index contributed by atoms with van der Waals surface area (Å²) < 4.78 is 0. The van der Waals surface area contributed by atoms with Crippen molar-refractivity contribution in [1.29, 1.82) is 0 Å². The van der Waals surface area contributed by atoms with E-state index in [1.165, 1.54) is 12.8 Å². The first kappa shape index (κ1) is 14.2. The van der Waals surface area contributed by atoms with Gasteiger partial charge in [-0.3, -0.25) is 0 Å². The zero-order valence-electron chi connectivity index (χ0n) is 11.3. The largest absolute Gasteiger partial charge is 0.478 e. The van der Waals surface area contributed by atoms with Crippen LogP contribution in [0.5, 0.6) is 0 Å². The van der Waals surface area contributed by atoms with E-state index >= 15 is 0 Å². The number of nitrogens with one attached hydrogen (secondary N) is 1. The van der Waals surface area contributed by atoms with Crippen LogP contribution in [-0.4, -0.2) is 33.6 Å². The summed E-state index contributed by atoms with van der Waals surface area (Å²) in [6.45, 7) is 1.88. The minimum atomic E-state index is -0.923. The molecule has 1 aliphatic rings. The van der Waals surface area contributed by atoms with Crippen molar-refractivity contribution < 1.29 is 9.90 Å². The summed E-state index contributed by atoms with van der Waals surface area (Å²) in [5.74, 6) is -0.409. The highest BCUT2D eigenvalue weighted by Crippen LogP contribution is 2.29. The van der Waals surface area contributed by atoms with Gasteiger partial charge in [0.25, 0.3) is 0 Å². The summed E-state index contributed by atoms with van der Waals surface area (Å²) in [6, 6.07) is 3.70. The number of nitrogens with zero attached hydrogens (tertiary/aromatic N) is 1. The monoisotopic (exact) mass is 280 g/mol. The number of thioether (sulfide) groups is 1. The topological polar surface area (TPSA) is 62.2 Å². The van der Waals surface area contributed by atoms with Gasteiger partial charge in [-0.05, 0) is 51.0 Å². The minimum Gasteiger partial charge on any atom is -0.478 e. The molecule has 0 radical (unpaired) electrons. The highest BCUT2D eigenvalue weighted by Gasteiger charge is 2.22. The van der Waals surface area contributed by atoms with Crippen LogP contribution in [0.1, 0.15) is 41.7 Å². The van der Waals surface area contributed by atoms with Gasteiger partial charge in [0.2, 0.25) is 0 Å². The normalized spacial score (nSPS) is 23.1. The summed E-state index contributed by atoms with van der Waals surface area (Å²) in [6.07, 6.45) is 6.70. The lowest BCUT2D eigenvalue weighted by molar-refractivity contribution is 0.0697. The first-order valence-corrected chi connectivity index (χ1v) is 7.89. The molecule has 0 atom stereocenters. The van der Waals surface area contributed by atoms with Gasteiger partial charge in [-0.15, -0.1) is 0 Å². The Morgan fingerprint density at radius 1 is 1.37 bits per heavy atom. The average molecular weight is 280 g/mol. The van der Waals surface area contributed by atoms with Gasteiger partial charge < -0.3 is 10.4 Å². The number of aryl methyl sites for hydroxylation is 1. The molecule has 2 rings (SSSR count). The van der Waals surface area contributed by atoms with Crippen LogP contribution in [0, 0.1) is 6.92 Å². The summed E-state index contributed by atoms with van der Waals surface area (Å²) >= 11 is 1.93. The van der Waals surface area contributed by atoms with Gasteiger partial charge in [0.05, 0.1) is 0 Å². The predicted molar refractivity (Wildman–Crippen MR) is 79.1 cm³/mol. The lowest BCUT2D eigenvalue weighted by atomic mass is 9.95. The van der Waals surface area contributed by atoms with Crippen LogP contribution in [0.4, 0.5) is 5.82 Å². The average Bonchev–Trinajstić information content (AvgIpc) is 2.39. The SMILES string of the molecule is CSC1CCC(Nc2nc(C)ccc2C(=O)O)CC1. The number of carbonyl (C=O) groups is 1. The first-order valence-electron chi connectivity index (χ1n) is 6.60. The van der Waals surface area contributed by atoms with Crippen LogP contribution in [0.25, 0.3) is 0 Å². The molecule has 104 valence electrons. The van der Waals surface area contributed by atoms with Crippen LogP contribution >= 0.6 is 11.8 Å². The molecule has 0 spiro atoms. The Balaban J connectivity index is 2.06. The predicted octanol–water partition coefficient (Wildman–Crippen LogP) is 3.17. The summed E-state index contributed by atoms with van der Waals surface area (Å²) in [5, 5.41) is 13.3. The second kappa shape index (κ2) is 6.28. The van der Waals surface area contributed by atoms with E-state index in [0.717, 1.165) is 23.8 Å². The van der Waals surface area contributed by atoms with Crippen LogP contribution in [0.2, 0.25) is 0 Å². The molecule has 1 saturated carbocycles. The molecule has 0 amide bonds. The van der Waals surface area contributed by atoms with E-state index in [0.29, 0.717) is 11.9 Å². The number of aromatic carboxylic acids is 1. The van der Waals surface area contributed by atoms with Crippen molar-refractivity contribution >= 4 is 23.5 Å². The Kier molecular flexibility index (Phi) is 4.69. The van der Waals surface area contributed by atoms with E-state index in [9.17, 15) is 9.90 Å². The van der Waals surface area contributed by atoms with Crippen molar-refractivity contribution in [3.05, 3.63) is 23.4 Å². The van der Waals surface area contributed by atoms with Crippen LogP contribution < -0.4 is 5.32 Å². The number of carboxylic acid groups (broad SMARTS) is 1. The molecular weight excluding hydrogens is 260 g/mol. The maximum atomic E-state index is 11.2. The van der Waals surface area contributed by atoms with Crippen molar-refractivity contribution in [3.63, 3.8) is 0 Å². The maximum Gasteiger partial charge on any atom is 0.339 e. The molecule has 0 aromatic carbocycles.